The van der Waals surface area contributed by atoms with Crippen LogP contribution < -0.4 is 22.3 Å². The van der Waals surface area contributed by atoms with Crippen molar-refractivity contribution >= 4 is 22.8 Å². The Balaban J connectivity index is 2.33. The molecule has 7 nitrogen and oxygen atoms in total. The third-order valence-electron chi connectivity index (χ3n) is 2.48. The maximum atomic E-state index is 11.7. The van der Waals surface area contributed by atoms with Crippen LogP contribution in [0.3, 0.4) is 0 Å². The molecular weight excluding hydrogens is 254 g/mol. The number of aromatic amines is 1. The first-order valence-electron chi connectivity index (χ1n) is 5.37. The molecule has 0 bridgehead atoms. The lowest BCUT2D eigenvalue weighted by molar-refractivity contribution is 0.706. The van der Waals surface area contributed by atoms with Crippen molar-refractivity contribution in [2.45, 2.75) is 20.0 Å². The maximum Gasteiger partial charge on any atom is 0.330 e. The van der Waals surface area contributed by atoms with Crippen LogP contribution in [0, 0.1) is 0 Å². The van der Waals surface area contributed by atoms with E-state index in [1.165, 1.54) is 15.9 Å². The van der Waals surface area contributed by atoms with Gasteiger partial charge >= 0.3 is 5.69 Å². The number of nitrogens with zero attached hydrogens (tertiary/aromatic N) is 2. The Morgan fingerprint density at radius 2 is 2.33 bits per heavy atom. The molecule has 0 aliphatic carbocycles. The van der Waals surface area contributed by atoms with E-state index in [0.29, 0.717) is 13.1 Å². The van der Waals surface area contributed by atoms with Crippen LogP contribution in [0.4, 0.5) is 11.5 Å². The highest BCUT2D eigenvalue weighted by Crippen LogP contribution is 2.13. The van der Waals surface area contributed by atoms with Gasteiger partial charge in [-0.25, -0.2) is 4.79 Å². The van der Waals surface area contributed by atoms with Crippen LogP contribution in [0.25, 0.3) is 0 Å². The third-order valence-corrected chi connectivity index (χ3v) is 3.26. The zero-order valence-corrected chi connectivity index (χ0v) is 10.6. The number of hydrogen-bond acceptors (Lipinski definition) is 6. The minimum atomic E-state index is -0.508. The van der Waals surface area contributed by atoms with Crippen molar-refractivity contribution in [2.24, 2.45) is 0 Å². The minimum absolute atomic E-state index is 0.149. The summed E-state index contributed by atoms with van der Waals surface area (Å²) in [5.41, 5.74) is 6.72. The lowest BCUT2D eigenvalue weighted by atomic mass is 10.4. The smallest absolute Gasteiger partial charge is 0.330 e. The Labute approximate surface area is 106 Å². The van der Waals surface area contributed by atoms with E-state index in [0.717, 1.165) is 4.88 Å². The number of hydrogen-bond donors (Lipinski definition) is 3. The van der Waals surface area contributed by atoms with Gasteiger partial charge in [-0.3, -0.25) is 19.3 Å². The van der Waals surface area contributed by atoms with Gasteiger partial charge in [-0.1, -0.05) is 0 Å². The van der Waals surface area contributed by atoms with E-state index < -0.39 is 11.2 Å². The van der Waals surface area contributed by atoms with Gasteiger partial charge < -0.3 is 11.1 Å². The largest absolute Gasteiger partial charge is 0.383 e. The predicted octanol–water partition coefficient (Wildman–Crippen LogP) is 0.207. The first kappa shape index (κ1) is 12.4. The zero-order valence-electron chi connectivity index (χ0n) is 9.77. The monoisotopic (exact) mass is 267 g/mol. The second-order valence-corrected chi connectivity index (χ2v) is 4.56. The summed E-state index contributed by atoms with van der Waals surface area (Å²) in [6.45, 7) is 2.62. The standard InChI is InChI=1S/C10H13N5O2S/c1-2-15-8(11)7(9(16)14-10(15)17)13-4-6-3-12-5-18-6/h3,5,13H,2,4,11H2,1H3,(H,14,16,17). The summed E-state index contributed by atoms with van der Waals surface area (Å²) in [6, 6.07) is 0. The topological polar surface area (TPSA) is 106 Å². The van der Waals surface area contributed by atoms with Gasteiger partial charge in [0.2, 0.25) is 0 Å². The average Bonchev–Trinajstić information content (AvgIpc) is 2.81. The number of H-pyrrole nitrogens is 1. The summed E-state index contributed by atoms with van der Waals surface area (Å²) in [5, 5.41) is 2.93. The first-order valence-corrected chi connectivity index (χ1v) is 6.25. The number of aromatic nitrogens is 3. The van der Waals surface area contributed by atoms with Crippen LogP contribution in [0.15, 0.2) is 21.3 Å². The van der Waals surface area contributed by atoms with E-state index in [9.17, 15) is 9.59 Å². The third kappa shape index (κ3) is 2.28. The number of anilines is 2. The molecule has 8 heteroatoms. The summed E-state index contributed by atoms with van der Waals surface area (Å²) < 4.78 is 1.30. The van der Waals surface area contributed by atoms with Crippen LogP contribution in [-0.4, -0.2) is 14.5 Å². The van der Waals surface area contributed by atoms with E-state index in [1.54, 1.807) is 18.6 Å². The molecule has 0 aromatic carbocycles. The number of nitrogen functional groups attached to an aromatic ring is 1. The van der Waals surface area contributed by atoms with Gasteiger partial charge in [0.05, 0.1) is 12.1 Å². The Morgan fingerprint density at radius 3 is 2.94 bits per heavy atom. The van der Waals surface area contributed by atoms with Crippen molar-refractivity contribution < 1.29 is 0 Å². The van der Waals surface area contributed by atoms with E-state index in [2.05, 4.69) is 15.3 Å². The molecule has 4 N–H and O–H groups in total. The van der Waals surface area contributed by atoms with Crippen LogP contribution in [0.5, 0.6) is 0 Å². The fraction of sp³-hybridized carbons (Fsp3) is 0.300. The lowest BCUT2D eigenvalue weighted by Crippen LogP contribution is -2.33. The van der Waals surface area contributed by atoms with E-state index in [4.69, 9.17) is 5.73 Å². The molecule has 2 aromatic rings. The molecule has 0 saturated heterocycles. The van der Waals surface area contributed by atoms with Crippen molar-refractivity contribution in [3.05, 3.63) is 37.4 Å². The quantitative estimate of drug-likeness (QED) is 0.734. The van der Waals surface area contributed by atoms with Crippen molar-refractivity contribution in [2.75, 3.05) is 11.1 Å². The van der Waals surface area contributed by atoms with Crippen molar-refractivity contribution in [1.29, 1.82) is 0 Å². The van der Waals surface area contributed by atoms with Crippen LogP contribution >= 0.6 is 11.3 Å². The summed E-state index contributed by atoms with van der Waals surface area (Å²) in [6.07, 6.45) is 1.71. The molecule has 0 unspecified atom stereocenters. The molecule has 0 amide bonds. The van der Waals surface area contributed by atoms with Gasteiger partial charge in [0.15, 0.2) is 0 Å². The molecule has 2 aromatic heterocycles. The van der Waals surface area contributed by atoms with Crippen LogP contribution in [0.2, 0.25) is 0 Å². The normalized spacial score (nSPS) is 10.5. The molecule has 0 aliphatic rings. The summed E-state index contributed by atoms with van der Waals surface area (Å²) in [5.74, 6) is 0.149. The highest BCUT2D eigenvalue weighted by molar-refractivity contribution is 7.09. The highest BCUT2D eigenvalue weighted by atomic mass is 32.1. The number of thiazole rings is 1. The molecular formula is C10H13N5O2S. The summed E-state index contributed by atoms with van der Waals surface area (Å²) in [4.78, 5) is 30.3. The minimum Gasteiger partial charge on any atom is -0.383 e. The molecule has 0 fully saturated rings. The zero-order chi connectivity index (χ0) is 13.1. The van der Waals surface area contributed by atoms with Crippen molar-refractivity contribution in [3.63, 3.8) is 0 Å². The second kappa shape index (κ2) is 5.05. The molecule has 0 spiro atoms. The molecule has 0 saturated carbocycles. The highest BCUT2D eigenvalue weighted by Gasteiger charge is 2.10. The Morgan fingerprint density at radius 1 is 1.56 bits per heavy atom. The van der Waals surface area contributed by atoms with Crippen molar-refractivity contribution in [3.8, 4) is 0 Å². The van der Waals surface area contributed by atoms with Gasteiger partial charge in [-0.15, -0.1) is 11.3 Å². The van der Waals surface area contributed by atoms with Crippen LogP contribution in [0.1, 0.15) is 11.8 Å². The van der Waals surface area contributed by atoms with E-state index in [-0.39, 0.29) is 11.5 Å². The summed E-state index contributed by atoms with van der Waals surface area (Å²) in [7, 11) is 0. The van der Waals surface area contributed by atoms with Gasteiger partial charge in [0.1, 0.15) is 11.5 Å². The Kier molecular flexibility index (Phi) is 3.47. The van der Waals surface area contributed by atoms with Crippen molar-refractivity contribution in [1.82, 2.24) is 14.5 Å². The maximum absolute atomic E-state index is 11.7. The Hall–Kier alpha value is -2.09. The predicted molar refractivity (Wildman–Crippen MR) is 70.8 cm³/mol. The number of nitrogens with two attached hydrogens (primary N) is 1. The molecule has 2 rings (SSSR count). The van der Waals surface area contributed by atoms with Gasteiger partial charge in [0, 0.05) is 17.6 Å². The second-order valence-electron chi connectivity index (χ2n) is 3.59. The first-order chi connectivity index (χ1) is 8.63. The number of nitrogens with one attached hydrogen (secondary N) is 2. The average molecular weight is 267 g/mol. The van der Waals surface area contributed by atoms with Gasteiger partial charge in [0.25, 0.3) is 5.56 Å². The molecule has 0 atom stereocenters. The van der Waals surface area contributed by atoms with E-state index >= 15 is 0 Å². The fourth-order valence-corrected chi connectivity index (χ4v) is 2.11. The molecule has 18 heavy (non-hydrogen) atoms. The Bertz CT molecular complexity index is 643. The lowest BCUT2D eigenvalue weighted by Gasteiger charge is -2.11. The van der Waals surface area contributed by atoms with Gasteiger partial charge in [-0.05, 0) is 6.92 Å². The molecule has 0 radical (unpaired) electrons. The van der Waals surface area contributed by atoms with E-state index in [1.807, 2.05) is 0 Å². The molecule has 0 aliphatic heterocycles. The fourth-order valence-electron chi connectivity index (χ4n) is 1.58. The number of rotatable bonds is 4. The summed E-state index contributed by atoms with van der Waals surface area (Å²) >= 11 is 1.47. The van der Waals surface area contributed by atoms with Crippen LogP contribution in [-0.2, 0) is 13.1 Å². The molecule has 2 heterocycles. The van der Waals surface area contributed by atoms with Gasteiger partial charge in [-0.2, -0.15) is 0 Å². The SMILES string of the molecule is CCn1c(N)c(NCc2cncs2)c(=O)[nH]c1=O. The molecule has 96 valence electrons.